The standard InChI is InChI=1S/C12H18ClNOS/c1-9(8-16-2)6-14-7-10-11(13)4-3-5-12(10)15/h3-5,9,14-15H,6-8H2,1-2H3. The van der Waals surface area contributed by atoms with E-state index < -0.39 is 0 Å². The molecule has 0 aliphatic carbocycles. The fourth-order valence-corrected chi connectivity index (χ4v) is 2.43. The summed E-state index contributed by atoms with van der Waals surface area (Å²) in [7, 11) is 0. The van der Waals surface area contributed by atoms with Crippen LogP contribution in [0.1, 0.15) is 12.5 Å². The van der Waals surface area contributed by atoms with Crippen molar-refractivity contribution in [3.05, 3.63) is 28.8 Å². The first-order valence-electron chi connectivity index (χ1n) is 5.31. The molecule has 0 heterocycles. The number of aromatic hydroxyl groups is 1. The van der Waals surface area contributed by atoms with Gasteiger partial charge in [0.1, 0.15) is 5.75 Å². The van der Waals surface area contributed by atoms with Gasteiger partial charge in [0.2, 0.25) is 0 Å². The molecule has 90 valence electrons. The van der Waals surface area contributed by atoms with Crippen molar-refractivity contribution in [3.63, 3.8) is 0 Å². The quantitative estimate of drug-likeness (QED) is 0.823. The number of hydrogen-bond donors (Lipinski definition) is 2. The molecular formula is C12H18ClNOS. The van der Waals surface area contributed by atoms with Crippen LogP contribution in [0.5, 0.6) is 5.75 Å². The molecule has 0 aliphatic heterocycles. The molecule has 1 atom stereocenters. The van der Waals surface area contributed by atoms with Gasteiger partial charge in [0.25, 0.3) is 0 Å². The second-order valence-electron chi connectivity index (χ2n) is 3.93. The van der Waals surface area contributed by atoms with Crippen molar-refractivity contribution in [2.75, 3.05) is 18.6 Å². The third kappa shape index (κ3) is 4.24. The molecule has 0 amide bonds. The van der Waals surface area contributed by atoms with Crippen LogP contribution >= 0.6 is 23.4 Å². The van der Waals surface area contributed by atoms with Crippen molar-refractivity contribution >= 4 is 23.4 Å². The zero-order valence-electron chi connectivity index (χ0n) is 9.66. The maximum Gasteiger partial charge on any atom is 0.121 e. The molecule has 0 spiro atoms. The molecule has 1 aromatic rings. The molecule has 0 saturated heterocycles. The second kappa shape index (κ2) is 7.05. The summed E-state index contributed by atoms with van der Waals surface area (Å²) in [5.74, 6) is 2.03. The van der Waals surface area contributed by atoms with E-state index in [4.69, 9.17) is 11.6 Å². The van der Waals surface area contributed by atoms with Gasteiger partial charge in [0, 0.05) is 17.1 Å². The van der Waals surface area contributed by atoms with Gasteiger partial charge >= 0.3 is 0 Å². The van der Waals surface area contributed by atoms with Gasteiger partial charge in [-0.2, -0.15) is 11.8 Å². The Bertz CT molecular complexity index is 313. The van der Waals surface area contributed by atoms with Crippen LogP contribution in [0.4, 0.5) is 0 Å². The Hall–Kier alpha value is -0.380. The Balaban J connectivity index is 2.43. The number of nitrogens with one attached hydrogen (secondary N) is 1. The van der Waals surface area contributed by atoms with E-state index in [2.05, 4.69) is 18.5 Å². The fourth-order valence-electron chi connectivity index (χ4n) is 1.51. The van der Waals surface area contributed by atoms with Gasteiger partial charge in [-0.15, -0.1) is 0 Å². The Labute approximate surface area is 106 Å². The number of hydrogen-bond acceptors (Lipinski definition) is 3. The predicted octanol–water partition coefficient (Wildman–Crippen LogP) is 3.13. The van der Waals surface area contributed by atoms with Crippen LogP contribution in [0, 0.1) is 5.92 Å². The summed E-state index contributed by atoms with van der Waals surface area (Å²) in [6.07, 6.45) is 2.11. The van der Waals surface area contributed by atoms with Crippen LogP contribution in [-0.4, -0.2) is 23.7 Å². The van der Waals surface area contributed by atoms with Crippen molar-refractivity contribution in [2.45, 2.75) is 13.5 Å². The lowest BCUT2D eigenvalue weighted by Gasteiger charge is -2.12. The highest BCUT2D eigenvalue weighted by Crippen LogP contribution is 2.24. The highest BCUT2D eigenvalue weighted by Gasteiger charge is 2.06. The molecule has 1 unspecified atom stereocenters. The largest absolute Gasteiger partial charge is 0.508 e. The topological polar surface area (TPSA) is 32.3 Å². The van der Waals surface area contributed by atoms with Gasteiger partial charge in [-0.3, -0.25) is 0 Å². The fraction of sp³-hybridized carbons (Fsp3) is 0.500. The number of thioether (sulfide) groups is 1. The van der Waals surface area contributed by atoms with Crippen molar-refractivity contribution in [1.29, 1.82) is 0 Å². The van der Waals surface area contributed by atoms with Gasteiger partial charge in [0.15, 0.2) is 0 Å². The van der Waals surface area contributed by atoms with E-state index in [-0.39, 0.29) is 5.75 Å². The first kappa shape index (κ1) is 13.7. The molecule has 1 rings (SSSR count). The molecule has 0 saturated carbocycles. The van der Waals surface area contributed by atoms with E-state index in [9.17, 15) is 5.11 Å². The minimum atomic E-state index is 0.262. The lowest BCUT2D eigenvalue weighted by Crippen LogP contribution is -2.22. The van der Waals surface area contributed by atoms with Gasteiger partial charge in [0.05, 0.1) is 0 Å². The van der Waals surface area contributed by atoms with Crippen LogP contribution in [0.25, 0.3) is 0 Å². The molecule has 0 aromatic heterocycles. The third-order valence-electron chi connectivity index (χ3n) is 2.34. The van der Waals surface area contributed by atoms with E-state index in [0.717, 1.165) is 17.9 Å². The lowest BCUT2D eigenvalue weighted by molar-refractivity contribution is 0.461. The molecular weight excluding hydrogens is 242 g/mol. The predicted molar refractivity (Wildman–Crippen MR) is 72.4 cm³/mol. The number of phenolic OH excluding ortho intramolecular Hbond substituents is 1. The smallest absolute Gasteiger partial charge is 0.121 e. The number of phenols is 1. The average Bonchev–Trinajstić information content (AvgIpc) is 2.23. The molecule has 4 heteroatoms. The molecule has 0 fully saturated rings. The van der Waals surface area contributed by atoms with Gasteiger partial charge < -0.3 is 10.4 Å². The summed E-state index contributed by atoms with van der Waals surface area (Å²) in [6, 6.07) is 5.20. The van der Waals surface area contributed by atoms with E-state index in [1.54, 1.807) is 18.2 Å². The Morgan fingerprint density at radius 1 is 1.50 bits per heavy atom. The summed E-state index contributed by atoms with van der Waals surface area (Å²) < 4.78 is 0. The van der Waals surface area contributed by atoms with Crippen LogP contribution < -0.4 is 5.32 Å². The maximum absolute atomic E-state index is 9.63. The zero-order chi connectivity index (χ0) is 12.0. The van der Waals surface area contributed by atoms with E-state index in [0.29, 0.717) is 17.5 Å². The second-order valence-corrected chi connectivity index (χ2v) is 5.25. The van der Waals surface area contributed by atoms with Crippen molar-refractivity contribution < 1.29 is 5.11 Å². The SMILES string of the molecule is CSCC(C)CNCc1c(O)cccc1Cl. The monoisotopic (exact) mass is 259 g/mol. The first-order valence-corrected chi connectivity index (χ1v) is 7.08. The van der Waals surface area contributed by atoms with Gasteiger partial charge in [-0.1, -0.05) is 24.6 Å². The minimum Gasteiger partial charge on any atom is -0.508 e. The zero-order valence-corrected chi connectivity index (χ0v) is 11.2. The van der Waals surface area contributed by atoms with Gasteiger partial charge in [-0.05, 0) is 36.6 Å². The van der Waals surface area contributed by atoms with Crippen LogP contribution in [0.2, 0.25) is 5.02 Å². The van der Waals surface area contributed by atoms with Crippen LogP contribution in [0.15, 0.2) is 18.2 Å². The number of halogens is 1. The number of benzene rings is 1. The molecule has 0 radical (unpaired) electrons. The summed E-state index contributed by atoms with van der Waals surface area (Å²) in [5.41, 5.74) is 0.778. The van der Waals surface area contributed by atoms with Crippen LogP contribution in [0.3, 0.4) is 0 Å². The van der Waals surface area contributed by atoms with Crippen LogP contribution in [-0.2, 0) is 6.54 Å². The first-order chi connectivity index (χ1) is 7.65. The van der Waals surface area contributed by atoms with Crippen molar-refractivity contribution in [1.82, 2.24) is 5.32 Å². The number of rotatable bonds is 6. The lowest BCUT2D eigenvalue weighted by atomic mass is 10.2. The molecule has 0 bridgehead atoms. The van der Waals surface area contributed by atoms with Crippen molar-refractivity contribution in [3.8, 4) is 5.75 Å². The highest BCUT2D eigenvalue weighted by molar-refractivity contribution is 7.98. The molecule has 0 aliphatic rings. The summed E-state index contributed by atoms with van der Waals surface area (Å²) in [6.45, 7) is 3.76. The molecule has 16 heavy (non-hydrogen) atoms. The Morgan fingerprint density at radius 2 is 2.25 bits per heavy atom. The molecule has 1 aromatic carbocycles. The minimum absolute atomic E-state index is 0.262. The van der Waals surface area contributed by atoms with E-state index in [1.807, 2.05) is 11.8 Å². The third-order valence-corrected chi connectivity index (χ3v) is 3.60. The van der Waals surface area contributed by atoms with E-state index in [1.165, 1.54) is 0 Å². The molecule has 2 N–H and O–H groups in total. The summed E-state index contributed by atoms with van der Waals surface area (Å²) in [4.78, 5) is 0. The average molecular weight is 260 g/mol. The maximum atomic E-state index is 9.63. The van der Waals surface area contributed by atoms with E-state index >= 15 is 0 Å². The highest BCUT2D eigenvalue weighted by atomic mass is 35.5. The molecule has 2 nitrogen and oxygen atoms in total. The Morgan fingerprint density at radius 3 is 2.88 bits per heavy atom. The van der Waals surface area contributed by atoms with Crippen molar-refractivity contribution in [2.24, 2.45) is 5.92 Å². The Kier molecular flexibility index (Phi) is 6.03. The summed E-state index contributed by atoms with van der Waals surface area (Å²) in [5, 5.41) is 13.6. The normalized spacial score (nSPS) is 12.7. The van der Waals surface area contributed by atoms with Gasteiger partial charge in [-0.25, -0.2) is 0 Å². The summed E-state index contributed by atoms with van der Waals surface area (Å²) >= 11 is 7.85.